The van der Waals surface area contributed by atoms with Gasteiger partial charge in [0.1, 0.15) is 5.82 Å². The van der Waals surface area contributed by atoms with Crippen LogP contribution < -0.4 is 10.2 Å². The number of rotatable bonds is 4. The molecule has 1 aliphatic rings. The van der Waals surface area contributed by atoms with Crippen LogP contribution in [0.15, 0.2) is 30.3 Å². The zero-order valence-corrected chi connectivity index (χ0v) is 15.6. The summed E-state index contributed by atoms with van der Waals surface area (Å²) in [5, 5.41) is 2.35. The smallest absolute Gasteiger partial charge is 0.258 e. The minimum absolute atomic E-state index is 0.101. The van der Waals surface area contributed by atoms with Crippen molar-refractivity contribution in [2.75, 3.05) is 37.4 Å². The van der Waals surface area contributed by atoms with Gasteiger partial charge < -0.3 is 15.1 Å². The van der Waals surface area contributed by atoms with Gasteiger partial charge >= 0.3 is 0 Å². The van der Waals surface area contributed by atoms with Crippen molar-refractivity contribution in [1.29, 1.82) is 0 Å². The summed E-state index contributed by atoms with van der Waals surface area (Å²) >= 11 is 0. The second kappa shape index (κ2) is 8.18. The van der Waals surface area contributed by atoms with E-state index in [2.05, 4.69) is 10.2 Å². The number of anilines is 2. The van der Waals surface area contributed by atoms with Crippen molar-refractivity contribution in [1.82, 2.24) is 4.90 Å². The highest BCUT2D eigenvalue weighted by molar-refractivity contribution is 6.04. The fourth-order valence-electron chi connectivity index (χ4n) is 3.34. The Bertz CT molecular complexity index is 882. The largest absolute Gasteiger partial charge is 0.371 e. The third kappa shape index (κ3) is 4.27. The molecule has 1 fully saturated rings. The Morgan fingerprint density at radius 1 is 1.07 bits per heavy atom. The third-order valence-electron chi connectivity index (χ3n) is 5.06. The van der Waals surface area contributed by atoms with Crippen LogP contribution in [0.4, 0.5) is 28.9 Å². The molecule has 2 aromatic rings. The van der Waals surface area contributed by atoms with E-state index in [1.54, 1.807) is 6.07 Å². The van der Waals surface area contributed by atoms with Crippen LogP contribution >= 0.6 is 0 Å². The summed E-state index contributed by atoms with van der Waals surface area (Å²) in [6.45, 7) is 1.87. The zero-order valence-electron chi connectivity index (χ0n) is 15.6. The summed E-state index contributed by atoms with van der Waals surface area (Å²) in [6, 6.07) is 5.74. The van der Waals surface area contributed by atoms with Crippen molar-refractivity contribution >= 4 is 17.3 Å². The molecule has 1 heterocycles. The van der Waals surface area contributed by atoms with E-state index in [0.29, 0.717) is 11.8 Å². The molecular formula is C20H21F4N3O. The molecule has 1 saturated heterocycles. The summed E-state index contributed by atoms with van der Waals surface area (Å²) in [7, 11) is 3.90. The molecule has 3 rings (SSSR count). The molecule has 4 nitrogen and oxygen atoms in total. The number of carbonyl (C=O) groups is 1. The van der Waals surface area contributed by atoms with Gasteiger partial charge in [0.05, 0.1) is 5.56 Å². The minimum Gasteiger partial charge on any atom is -0.371 e. The average Bonchev–Trinajstić information content (AvgIpc) is 2.65. The number of benzene rings is 2. The van der Waals surface area contributed by atoms with Gasteiger partial charge in [0.25, 0.3) is 5.91 Å². The Kier molecular flexibility index (Phi) is 5.88. The maximum absolute atomic E-state index is 14.1. The molecular weight excluding hydrogens is 374 g/mol. The van der Waals surface area contributed by atoms with Gasteiger partial charge in [0, 0.05) is 24.5 Å². The van der Waals surface area contributed by atoms with E-state index in [-0.39, 0.29) is 11.7 Å². The third-order valence-corrected chi connectivity index (χ3v) is 5.06. The number of nitrogens with one attached hydrogen (secondary N) is 1. The zero-order chi connectivity index (χ0) is 20.4. The second-order valence-corrected chi connectivity index (χ2v) is 7.02. The average molecular weight is 395 g/mol. The maximum atomic E-state index is 14.1. The van der Waals surface area contributed by atoms with Crippen molar-refractivity contribution in [2.45, 2.75) is 18.9 Å². The van der Waals surface area contributed by atoms with Gasteiger partial charge in [0.15, 0.2) is 17.5 Å². The molecule has 0 spiro atoms. The molecule has 0 saturated carbocycles. The van der Waals surface area contributed by atoms with Crippen LogP contribution in [0.1, 0.15) is 23.2 Å². The molecule has 28 heavy (non-hydrogen) atoms. The lowest BCUT2D eigenvalue weighted by molar-refractivity contribution is 0.102. The van der Waals surface area contributed by atoms with E-state index in [9.17, 15) is 22.4 Å². The van der Waals surface area contributed by atoms with Gasteiger partial charge in [0.2, 0.25) is 0 Å². The Labute approximate surface area is 160 Å². The van der Waals surface area contributed by atoms with Crippen LogP contribution in [0, 0.1) is 23.3 Å². The Hall–Kier alpha value is -2.61. The molecule has 150 valence electrons. The van der Waals surface area contributed by atoms with Gasteiger partial charge in [-0.3, -0.25) is 4.79 Å². The van der Waals surface area contributed by atoms with Gasteiger partial charge in [-0.15, -0.1) is 0 Å². The van der Waals surface area contributed by atoms with Crippen LogP contribution in [-0.4, -0.2) is 44.0 Å². The van der Waals surface area contributed by atoms with Crippen molar-refractivity contribution < 1.29 is 22.4 Å². The first-order valence-electron chi connectivity index (χ1n) is 8.93. The number of carbonyl (C=O) groups excluding carboxylic acids is 1. The SMILES string of the molecule is CN1CCC(N(C)c2cc(F)cc(NC(=O)c3ccc(F)c(F)c3F)c2)CC1. The highest BCUT2D eigenvalue weighted by Gasteiger charge is 2.22. The number of hydrogen-bond donors (Lipinski definition) is 1. The predicted octanol–water partition coefficient (Wildman–Crippen LogP) is 4.03. The lowest BCUT2D eigenvalue weighted by Gasteiger charge is -2.36. The predicted molar refractivity (Wildman–Crippen MR) is 99.6 cm³/mol. The topological polar surface area (TPSA) is 35.6 Å². The number of nitrogens with zero attached hydrogens (tertiary/aromatic N) is 2. The van der Waals surface area contributed by atoms with Crippen LogP contribution in [0.25, 0.3) is 0 Å². The Morgan fingerprint density at radius 2 is 1.75 bits per heavy atom. The minimum atomic E-state index is -1.73. The number of hydrogen-bond acceptors (Lipinski definition) is 3. The summed E-state index contributed by atoms with van der Waals surface area (Å²) in [6.07, 6.45) is 1.84. The molecule has 8 heteroatoms. The molecule has 0 radical (unpaired) electrons. The monoisotopic (exact) mass is 395 g/mol. The molecule has 1 amide bonds. The van der Waals surface area contributed by atoms with Crippen molar-refractivity contribution in [3.63, 3.8) is 0 Å². The molecule has 0 unspecified atom stereocenters. The molecule has 0 atom stereocenters. The molecule has 0 aromatic heterocycles. The molecule has 0 aliphatic carbocycles. The highest BCUT2D eigenvalue weighted by atomic mass is 19.2. The van der Waals surface area contributed by atoms with E-state index < -0.39 is 34.7 Å². The molecule has 2 aromatic carbocycles. The summed E-state index contributed by atoms with van der Waals surface area (Å²) in [5.41, 5.74) is 0.00732. The molecule has 0 bridgehead atoms. The van der Waals surface area contributed by atoms with Gasteiger partial charge in [-0.1, -0.05) is 0 Å². The second-order valence-electron chi connectivity index (χ2n) is 7.02. The number of amides is 1. The van der Waals surface area contributed by atoms with E-state index in [0.717, 1.165) is 38.1 Å². The lowest BCUT2D eigenvalue weighted by atomic mass is 10.0. The van der Waals surface area contributed by atoms with Crippen molar-refractivity contribution in [2.24, 2.45) is 0 Å². The summed E-state index contributed by atoms with van der Waals surface area (Å²) in [4.78, 5) is 16.4. The number of halogens is 4. The van der Waals surface area contributed by atoms with Crippen LogP contribution in [0.3, 0.4) is 0 Å². The fourth-order valence-corrected chi connectivity index (χ4v) is 3.34. The lowest BCUT2D eigenvalue weighted by Crippen LogP contribution is -2.42. The van der Waals surface area contributed by atoms with Crippen LogP contribution in [0.5, 0.6) is 0 Å². The fraction of sp³-hybridized carbons (Fsp3) is 0.350. The summed E-state index contributed by atoms with van der Waals surface area (Å²) < 4.78 is 54.3. The van der Waals surface area contributed by atoms with E-state index in [4.69, 9.17) is 0 Å². The highest BCUT2D eigenvalue weighted by Crippen LogP contribution is 2.26. The quantitative estimate of drug-likeness (QED) is 0.627. The van der Waals surface area contributed by atoms with Gasteiger partial charge in [-0.25, -0.2) is 17.6 Å². The standard InChI is InChI=1S/C20H21F4N3O/c1-26-7-5-14(6-8-26)27(2)15-10-12(21)9-13(11-15)25-20(28)16-3-4-17(22)19(24)18(16)23/h3-4,9-11,14H,5-8H2,1-2H3,(H,25,28). The van der Waals surface area contributed by atoms with E-state index >= 15 is 0 Å². The normalized spacial score (nSPS) is 15.5. The van der Waals surface area contributed by atoms with Crippen molar-refractivity contribution in [3.05, 3.63) is 59.2 Å². The van der Waals surface area contributed by atoms with Crippen LogP contribution in [0.2, 0.25) is 0 Å². The molecule has 1 N–H and O–H groups in total. The number of likely N-dealkylation sites (tertiary alicyclic amines) is 1. The van der Waals surface area contributed by atoms with E-state index in [1.807, 2.05) is 19.0 Å². The first-order chi connectivity index (χ1) is 13.3. The maximum Gasteiger partial charge on any atom is 0.258 e. The van der Waals surface area contributed by atoms with E-state index in [1.165, 1.54) is 6.07 Å². The first kappa shape index (κ1) is 20.1. The Morgan fingerprint density at radius 3 is 2.43 bits per heavy atom. The first-order valence-corrected chi connectivity index (χ1v) is 8.93. The van der Waals surface area contributed by atoms with Crippen LogP contribution in [-0.2, 0) is 0 Å². The molecule has 1 aliphatic heterocycles. The summed E-state index contributed by atoms with van der Waals surface area (Å²) in [5.74, 6) is -6.26. The van der Waals surface area contributed by atoms with Crippen molar-refractivity contribution in [3.8, 4) is 0 Å². The van der Waals surface area contributed by atoms with Gasteiger partial charge in [-0.2, -0.15) is 0 Å². The van der Waals surface area contributed by atoms with Gasteiger partial charge in [-0.05, 0) is 63.3 Å². The Balaban J connectivity index is 1.80. The number of piperidine rings is 1.